The lowest BCUT2D eigenvalue weighted by Gasteiger charge is -2.21. The fraction of sp³-hybridized carbons (Fsp3) is 0.417. The highest BCUT2D eigenvalue weighted by Crippen LogP contribution is 2.34. The molecule has 3 rings (SSSR count). The fourth-order valence-corrected chi connectivity index (χ4v) is 3.85. The number of rotatable bonds is 9. The van der Waals surface area contributed by atoms with Crippen molar-refractivity contribution in [2.75, 3.05) is 13.2 Å². The van der Waals surface area contributed by atoms with E-state index in [1.807, 2.05) is 33.8 Å². The Balaban J connectivity index is 2.38. The van der Waals surface area contributed by atoms with E-state index in [9.17, 15) is 14.7 Å². The molecular formula is C24H28O6. The maximum absolute atomic E-state index is 13.4. The van der Waals surface area contributed by atoms with Crippen LogP contribution in [-0.2, 0) is 9.47 Å². The van der Waals surface area contributed by atoms with Crippen LogP contribution in [0.3, 0.4) is 0 Å². The van der Waals surface area contributed by atoms with E-state index in [1.165, 1.54) is 18.2 Å². The molecule has 0 aliphatic rings. The van der Waals surface area contributed by atoms with Crippen LogP contribution >= 0.6 is 0 Å². The van der Waals surface area contributed by atoms with E-state index in [0.29, 0.717) is 29.8 Å². The minimum Gasteiger partial charge on any atom is -0.478 e. The number of carboxylic acids is 1. The van der Waals surface area contributed by atoms with E-state index in [4.69, 9.17) is 13.9 Å². The summed E-state index contributed by atoms with van der Waals surface area (Å²) in [6, 6.07) is 8.16. The Morgan fingerprint density at radius 2 is 1.63 bits per heavy atom. The largest absolute Gasteiger partial charge is 0.478 e. The molecule has 0 saturated heterocycles. The highest BCUT2D eigenvalue weighted by atomic mass is 16.5. The number of carbonyl (C=O) groups is 1. The van der Waals surface area contributed by atoms with Gasteiger partial charge in [-0.05, 0) is 62.6 Å². The van der Waals surface area contributed by atoms with Gasteiger partial charge in [-0.25, -0.2) is 4.79 Å². The third-order valence-corrected chi connectivity index (χ3v) is 5.26. The highest BCUT2D eigenvalue weighted by Gasteiger charge is 2.22. The Hall–Kier alpha value is -2.70. The molecule has 0 amide bonds. The molecule has 0 aliphatic heterocycles. The number of ether oxygens (including phenoxy) is 2. The van der Waals surface area contributed by atoms with Gasteiger partial charge < -0.3 is 19.0 Å². The Bertz CT molecular complexity index is 1110. The van der Waals surface area contributed by atoms with Crippen molar-refractivity contribution in [1.29, 1.82) is 0 Å². The predicted molar refractivity (Wildman–Crippen MR) is 116 cm³/mol. The zero-order valence-corrected chi connectivity index (χ0v) is 17.9. The van der Waals surface area contributed by atoms with Gasteiger partial charge in [-0.3, -0.25) is 4.79 Å². The molecule has 1 aromatic heterocycles. The molecule has 160 valence electrons. The van der Waals surface area contributed by atoms with Gasteiger partial charge in [0.05, 0.1) is 28.5 Å². The van der Waals surface area contributed by atoms with E-state index in [0.717, 1.165) is 24.0 Å². The number of fused-ring (bicyclic) bond motifs is 2. The monoisotopic (exact) mass is 412 g/mol. The SMILES string of the molecule is CCOC(CC)c1cc(C(CC)OCC)c2oc3ccc(C(=O)O)cc3c(=O)c2c1. The predicted octanol–water partition coefficient (Wildman–Crippen LogP) is 5.62. The number of benzene rings is 2. The quantitative estimate of drug-likeness (QED) is 0.459. The maximum atomic E-state index is 13.4. The van der Waals surface area contributed by atoms with E-state index < -0.39 is 5.97 Å². The zero-order valence-electron chi connectivity index (χ0n) is 17.9. The van der Waals surface area contributed by atoms with Crippen molar-refractivity contribution in [3.63, 3.8) is 0 Å². The van der Waals surface area contributed by atoms with E-state index in [-0.39, 0.29) is 28.6 Å². The summed E-state index contributed by atoms with van der Waals surface area (Å²) in [5.74, 6) is -1.09. The van der Waals surface area contributed by atoms with Gasteiger partial charge in [0.15, 0.2) is 0 Å². The average Bonchev–Trinajstić information content (AvgIpc) is 2.75. The Morgan fingerprint density at radius 3 is 2.23 bits per heavy atom. The van der Waals surface area contributed by atoms with Crippen molar-refractivity contribution in [1.82, 2.24) is 0 Å². The first kappa shape index (κ1) is 22.0. The smallest absolute Gasteiger partial charge is 0.335 e. The summed E-state index contributed by atoms with van der Waals surface area (Å²) in [4.78, 5) is 24.7. The molecule has 1 heterocycles. The summed E-state index contributed by atoms with van der Waals surface area (Å²) in [5, 5.41) is 9.96. The van der Waals surface area contributed by atoms with Crippen LogP contribution in [0.2, 0.25) is 0 Å². The third kappa shape index (κ3) is 4.11. The molecule has 3 aromatic rings. The molecule has 2 aromatic carbocycles. The van der Waals surface area contributed by atoms with Crippen LogP contribution in [0.15, 0.2) is 39.5 Å². The molecule has 0 saturated carbocycles. The number of aromatic carboxylic acids is 1. The van der Waals surface area contributed by atoms with Crippen LogP contribution in [0, 0.1) is 0 Å². The van der Waals surface area contributed by atoms with Crippen molar-refractivity contribution in [2.24, 2.45) is 0 Å². The van der Waals surface area contributed by atoms with Gasteiger partial charge >= 0.3 is 5.97 Å². The Labute approximate surface area is 175 Å². The van der Waals surface area contributed by atoms with Crippen LogP contribution in [0.1, 0.15) is 74.2 Å². The van der Waals surface area contributed by atoms with Crippen molar-refractivity contribution in [3.05, 3.63) is 57.2 Å². The third-order valence-electron chi connectivity index (χ3n) is 5.26. The summed E-state index contributed by atoms with van der Waals surface area (Å²) in [6.45, 7) is 9.02. The van der Waals surface area contributed by atoms with Crippen LogP contribution in [-0.4, -0.2) is 24.3 Å². The molecule has 0 fully saturated rings. The van der Waals surface area contributed by atoms with E-state index in [1.54, 1.807) is 6.07 Å². The van der Waals surface area contributed by atoms with E-state index >= 15 is 0 Å². The minimum absolute atomic E-state index is 0.0482. The van der Waals surface area contributed by atoms with Crippen molar-refractivity contribution < 1.29 is 23.8 Å². The minimum atomic E-state index is -1.09. The van der Waals surface area contributed by atoms with Crippen molar-refractivity contribution >= 4 is 27.9 Å². The second-order valence-corrected chi connectivity index (χ2v) is 7.14. The van der Waals surface area contributed by atoms with Crippen LogP contribution in [0.5, 0.6) is 0 Å². The molecule has 0 radical (unpaired) electrons. The molecule has 2 atom stereocenters. The second-order valence-electron chi connectivity index (χ2n) is 7.14. The lowest BCUT2D eigenvalue weighted by Crippen LogP contribution is -2.12. The van der Waals surface area contributed by atoms with Crippen LogP contribution in [0.4, 0.5) is 0 Å². The highest BCUT2D eigenvalue weighted by molar-refractivity contribution is 5.96. The van der Waals surface area contributed by atoms with Gasteiger partial charge in [0.1, 0.15) is 11.2 Å². The molecule has 0 bridgehead atoms. The summed E-state index contributed by atoms with van der Waals surface area (Å²) >= 11 is 0. The zero-order chi connectivity index (χ0) is 21.8. The maximum Gasteiger partial charge on any atom is 0.335 e. The normalized spacial score (nSPS) is 13.6. The topological polar surface area (TPSA) is 86.0 Å². The lowest BCUT2D eigenvalue weighted by molar-refractivity contribution is 0.0555. The summed E-state index contributed by atoms with van der Waals surface area (Å²) < 4.78 is 18.0. The van der Waals surface area contributed by atoms with Gasteiger partial charge in [-0.1, -0.05) is 13.8 Å². The first-order valence-corrected chi connectivity index (χ1v) is 10.5. The van der Waals surface area contributed by atoms with Gasteiger partial charge in [-0.2, -0.15) is 0 Å². The van der Waals surface area contributed by atoms with Gasteiger partial charge in [0, 0.05) is 18.8 Å². The second kappa shape index (κ2) is 9.41. The molecular weight excluding hydrogens is 384 g/mol. The Morgan fingerprint density at radius 1 is 0.967 bits per heavy atom. The summed E-state index contributed by atoms with van der Waals surface area (Å²) in [7, 11) is 0. The van der Waals surface area contributed by atoms with Gasteiger partial charge in [0.25, 0.3) is 0 Å². The van der Waals surface area contributed by atoms with Crippen LogP contribution < -0.4 is 5.43 Å². The van der Waals surface area contributed by atoms with Crippen molar-refractivity contribution in [3.8, 4) is 0 Å². The number of hydrogen-bond acceptors (Lipinski definition) is 5. The molecule has 6 nitrogen and oxygen atoms in total. The molecule has 2 unspecified atom stereocenters. The average molecular weight is 412 g/mol. The fourth-order valence-electron chi connectivity index (χ4n) is 3.85. The molecule has 0 aliphatic carbocycles. The first-order chi connectivity index (χ1) is 14.4. The number of carboxylic acid groups (broad SMARTS) is 1. The van der Waals surface area contributed by atoms with Crippen LogP contribution in [0.25, 0.3) is 21.9 Å². The first-order valence-electron chi connectivity index (χ1n) is 10.5. The lowest BCUT2D eigenvalue weighted by atomic mass is 9.96. The molecule has 30 heavy (non-hydrogen) atoms. The Kier molecular flexibility index (Phi) is 6.90. The molecule has 6 heteroatoms. The van der Waals surface area contributed by atoms with E-state index in [2.05, 4.69) is 0 Å². The molecule has 1 N–H and O–H groups in total. The standard InChI is InChI=1S/C24H28O6/c1-5-19(28-7-3)15-12-17(20(6-2)29-8-4)23-18(13-15)22(25)16-11-14(24(26)27)9-10-21(16)30-23/h9-13,19-20H,5-8H2,1-4H3,(H,26,27). The molecule has 0 spiro atoms. The van der Waals surface area contributed by atoms with Crippen molar-refractivity contribution in [2.45, 2.75) is 52.7 Å². The van der Waals surface area contributed by atoms with Gasteiger partial charge in [0.2, 0.25) is 5.43 Å². The summed E-state index contributed by atoms with van der Waals surface area (Å²) in [5.41, 5.74) is 2.33. The number of hydrogen-bond donors (Lipinski definition) is 1. The van der Waals surface area contributed by atoms with Gasteiger partial charge in [-0.15, -0.1) is 0 Å². The summed E-state index contributed by atoms with van der Waals surface area (Å²) in [6.07, 6.45) is 1.09.